The van der Waals surface area contributed by atoms with E-state index in [1.54, 1.807) is 0 Å². The third kappa shape index (κ3) is 24.4. The lowest BCUT2D eigenvalue weighted by atomic mass is 9.92. The molecule has 0 aliphatic heterocycles. The normalized spacial score (nSPS) is 11.6. The van der Waals surface area contributed by atoms with Crippen molar-refractivity contribution >= 4 is 23.9 Å². The number of carbonyl (C=O) groups is 4. The number of esters is 4. The maximum atomic E-state index is 12.1. The molecule has 0 bridgehead atoms. The van der Waals surface area contributed by atoms with E-state index in [0.717, 1.165) is 25.7 Å². The molecule has 2 N–H and O–H groups in total. The van der Waals surface area contributed by atoms with Gasteiger partial charge in [0.25, 0.3) is 0 Å². The number of hydrogen-bond acceptors (Lipinski definition) is 10. The summed E-state index contributed by atoms with van der Waals surface area (Å²) in [5.74, 6) is -1.99. The van der Waals surface area contributed by atoms with E-state index >= 15 is 0 Å². The minimum absolute atomic E-state index is 0.0372. The summed E-state index contributed by atoms with van der Waals surface area (Å²) in [6.07, 6.45) is 19.2. The van der Waals surface area contributed by atoms with Crippen LogP contribution in [0.5, 0.6) is 0 Å². The largest absolute Gasteiger partial charge is 0.465 e. The third-order valence-corrected chi connectivity index (χ3v) is 6.65. The molecule has 0 amide bonds. The number of allylic oxidation sites excluding steroid dienone is 2. The van der Waals surface area contributed by atoms with Crippen molar-refractivity contribution in [1.82, 2.24) is 0 Å². The molecule has 0 fully saturated rings. The van der Waals surface area contributed by atoms with E-state index in [4.69, 9.17) is 18.9 Å². The van der Waals surface area contributed by atoms with Gasteiger partial charge in [-0.2, -0.15) is 0 Å². The van der Waals surface area contributed by atoms with E-state index in [1.165, 1.54) is 25.7 Å². The number of ether oxygens (including phenoxy) is 4. The number of aliphatic hydroxyl groups excluding tert-OH is 2. The highest BCUT2D eigenvalue weighted by molar-refractivity contribution is 5.73. The summed E-state index contributed by atoms with van der Waals surface area (Å²) in [4.78, 5) is 47.9. The van der Waals surface area contributed by atoms with Gasteiger partial charge in [0.1, 0.15) is 13.2 Å². The second-order valence-corrected chi connectivity index (χ2v) is 10.8. The average Bonchev–Trinajstić information content (AvgIpc) is 3.00. The number of aliphatic hydroxyl groups is 2. The van der Waals surface area contributed by atoms with Crippen molar-refractivity contribution in [2.75, 3.05) is 39.6 Å². The summed E-state index contributed by atoms with van der Waals surface area (Å²) in [5, 5.41) is 19.5. The van der Waals surface area contributed by atoms with Crippen molar-refractivity contribution in [3.8, 4) is 0 Å². The van der Waals surface area contributed by atoms with Crippen LogP contribution in [0.4, 0.5) is 0 Å². The van der Waals surface area contributed by atoms with Gasteiger partial charge < -0.3 is 29.2 Å². The number of unbranched alkanes of at least 4 members (excludes halogenated alkanes) is 6. The van der Waals surface area contributed by atoms with E-state index in [-0.39, 0.29) is 51.7 Å². The number of hydrogen-bond donors (Lipinski definition) is 2. The molecule has 10 heteroatoms. The van der Waals surface area contributed by atoms with Crippen LogP contribution in [0.1, 0.15) is 117 Å². The molecule has 0 aliphatic carbocycles. The van der Waals surface area contributed by atoms with Crippen molar-refractivity contribution in [2.24, 2.45) is 5.41 Å². The number of rotatable bonds is 28. The van der Waals surface area contributed by atoms with Crippen LogP contribution in [0, 0.1) is 5.41 Å². The van der Waals surface area contributed by atoms with Gasteiger partial charge in [0.05, 0.1) is 31.8 Å². The van der Waals surface area contributed by atoms with Crippen LogP contribution >= 0.6 is 0 Å². The van der Waals surface area contributed by atoms with Crippen molar-refractivity contribution in [2.45, 2.75) is 117 Å². The van der Waals surface area contributed by atoms with Gasteiger partial charge in [0.2, 0.25) is 0 Å². The van der Waals surface area contributed by atoms with E-state index in [2.05, 4.69) is 26.0 Å². The fourth-order valence-electron chi connectivity index (χ4n) is 3.76. The van der Waals surface area contributed by atoms with Gasteiger partial charge in [0.15, 0.2) is 0 Å². The number of carbonyl (C=O) groups excluding carboxylic acids is 4. The topological polar surface area (TPSA) is 146 Å². The SMILES string of the molecule is CCCCC/C=C\CCOC(=O)CCCC(=O)OCC(CO)(CO)COC(=O)CCCC(=O)OCC/C=C\CCCCC. The van der Waals surface area contributed by atoms with E-state index in [9.17, 15) is 29.4 Å². The molecule has 0 spiro atoms. The molecule has 0 aliphatic rings. The Morgan fingerprint density at radius 2 is 0.860 bits per heavy atom. The Hall–Kier alpha value is -2.72. The predicted molar refractivity (Wildman–Crippen MR) is 164 cm³/mol. The first kappa shape index (κ1) is 40.3. The third-order valence-electron chi connectivity index (χ3n) is 6.65. The first-order chi connectivity index (χ1) is 20.8. The first-order valence-corrected chi connectivity index (χ1v) is 16.0. The highest BCUT2D eigenvalue weighted by Crippen LogP contribution is 2.18. The Morgan fingerprint density at radius 3 is 1.21 bits per heavy atom. The van der Waals surface area contributed by atoms with Gasteiger partial charge in [-0.15, -0.1) is 0 Å². The lowest BCUT2D eigenvalue weighted by Crippen LogP contribution is -2.41. The average molecular weight is 613 g/mol. The predicted octanol–water partition coefficient (Wildman–Crippen LogP) is 5.52. The molecule has 0 rings (SSSR count). The zero-order chi connectivity index (χ0) is 32.0. The minimum atomic E-state index is -1.36. The molecule has 0 saturated heterocycles. The second-order valence-electron chi connectivity index (χ2n) is 10.8. The summed E-state index contributed by atoms with van der Waals surface area (Å²) in [5.41, 5.74) is -1.36. The quantitative estimate of drug-likeness (QED) is 0.0501. The molecule has 0 unspecified atom stereocenters. The fraction of sp³-hybridized carbons (Fsp3) is 0.758. The lowest BCUT2D eigenvalue weighted by molar-refractivity contribution is -0.159. The van der Waals surface area contributed by atoms with Gasteiger partial charge >= 0.3 is 23.9 Å². The van der Waals surface area contributed by atoms with Crippen LogP contribution in [0.15, 0.2) is 24.3 Å². The highest BCUT2D eigenvalue weighted by atomic mass is 16.6. The molecule has 248 valence electrons. The monoisotopic (exact) mass is 612 g/mol. The van der Waals surface area contributed by atoms with Gasteiger partial charge in [-0.25, -0.2) is 0 Å². The van der Waals surface area contributed by atoms with Crippen molar-refractivity contribution in [3.63, 3.8) is 0 Å². The Balaban J connectivity index is 4.10. The first-order valence-electron chi connectivity index (χ1n) is 16.0. The van der Waals surface area contributed by atoms with E-state index in [0.29, 0.717) is 26.1 Å². The fourth-order valence-corrected chi connectivity index (χ4v) is 3.76. The van der Waals surface area contributed by atoms with Crippen LogP contribution < -0.4 is 0 Å². The Bertz CT molecular complexity index is 740. The second kappa shape index (κ2) is 28.1. The summed E-state index contributed by atoms with van der Waals surface area (Å²) in [6.45, 7) is 3.02. The Kier molecular flexibility index (Phi) is 26.3. The summed E-state index contributed by atoms with van der Waals surface area (Å²) < 4.78 is 20.6. The minimum Gasteiger partial charge on any atom is -0.465 e. The Labute approximate surface area is 258 Å². The summed E-state index contributed by atoms with van der Waals surface area (Å²) >= 11 is 0. The molecule has 0 radical (unpaired) electrons. The van der Waals surface area contributed by atoms with Crippen LogP contribution in [-0.4, -0.2) is 73.7 Å². The van der Waals surface area contributed by atoms with Crippen LogP contribution in [-0.2, 0) is 38.1 Å². The van der Waals surface area contributed by atoms with Gasteiger partial charge in [-0.3, -0.25) is 19.2 Å². The van der Waals surface area contributed by atoms with Crippen LogP contribution in [0.2, 0.25) is 0 Å². The summed E-state index contributed by atoms with van der Waals surface area (Å²) in [6, 6.07) is 0. The van der Waals surface area contributed by atoms with Gasteiger partial charge in [0, 0.05) is 25.7 Å². The highest BCUT2D eigenvalue weighted by Gasteiger charge is 2.33. The van der Waals surface area contributed by atoms with E-state index in [1.807, 2.05) is 12.2 Å². The molecule has 0 heterocycles. The zero-order valence-corrected chi connectivity index (χ0v) is 26.5. The van der Waals surface area contributed by atoms with Crippen LogP contribution in [0.25, 0.3) is 0 Å². The van der Waals surface area contributed by atoms with Crippen molar-refractivity contribution < 1.29 is 48.3 Å². The molecule has 10 nitrogen and oxygen atoms in total. The maximum absolute atomic E-state index is 12.1. The zero-order valence-electron chi connectivity index (χ0n) is 26.5. The molecule has 0 atom stereocenters. The van der Waals surface area contributed by atoms with Gasteiger partial charge in [-0.05, 0) is 51.4 Å². The maximum Gasteiger partial charge on any atom is 0.305 e. The Morgan fingerprint density at radius 1 is 0.512 bits per heavy atom. The molecule has 0 aromatic carbocycles. The van der Waals surface area contributed by atoms with Crippen molar-refractivity contribution in [3.05, 3.63) is 24.3 Å². The molecule has 0 aromatic rings. The lowest BCUT2D eigenvalue weighted by Gasteiger charge is -2.28. The summed E-state index contributed by atoms with van der Waals surface area (Å²) in [7, 11) is 0. The molecular formula is C33H56O10. The molecule has 0 aromatic heterocycles. The standard InChI is InChI=1S/C33H56O10/c1-3-5-7-9-11-13-15-23-40-29(36)19-17-21-31(38)42-27-33(25-34,26-35)28-43-32(39)22-18-20-30(37)41-24-16-14-12-10-8-6-4-2/h11-14,34-35H,3-10,15-28H2,1-2H3/b13-11-,14-12-. The molecule has 0 saturated carbocycles. The van der Waals surface area contributed by atoms with Crippen molar-refractivity contribution in [1.29, 1.82) is 0 Å². The molecule has 43 heavy (non-hydrogen) atoms. The molecular weight excluding hydrogens is 556 g/mol. The van der Waals surface area contributed by atoms with E-state index < -0.39 is 42.5 Å². The van der Waals surface area contributed by atoms with Gasteiger partial charge in [-0.1, -0.05) is 63.8 Å². The smallest absolute Gasteiger partial charge is 0.305 e. The van der Waals surface area contributed by atoms with Crippen LogP contribution in [0.3, 0.4) is 0 Å².